The normalized spacial score (nSPS) is 30.9. The Bertz CT molecular complexity index is 1210. The Kier molecular flexibility index (Phi) is 5.65. The van der Waals surface area contributed by atoms with Crippen LogP contribution in [0.2, 0.25) is 0 Å². The number of aliphatic imine (C=N–C) groups is 2. The zero-order valence-corrected chi connectivity index (χ0v) is 19.1. The fourth-order valence-electron chi connectivity index (χ4n) is 5.29. The molecule has 5 rings (SSSR count). The fourth-order valence-corrected chi connectivity index (χ4v) is 5.29. The van der Waals surface area contributed by atoms with Gasteiger partial charge in [0.05, 0.1) is 18.6 Å². The quantitative estimate of drug-likeness (QED) is 0.277. The third kappa shape index (κ3) is 4.16. The molecular formula is C21H23F3N8O5. The van der Waals surface area contributed by atoms with Crippen molar-refractivity contribution in [1.29, 1.82) is 0 Å². The van der Waals surface area contributed by atoms with Crippen molar-refractivity contribution in [3.63, 3.8) is 0 Å². The monoisotopic (exact) mass is 524 g/mol. The summed E-state index contributed by atoms with van der Waals surface area (Å²) in [4.78, 5) is 48.5. The van der Waals surface area contributed by atoms with Gasteiger partial charge >= 0.3 is 6.36 Å². The minimum absolute atomic E-state index is 0.0332. The summed E-state index contributed by atoms with van der Waals surface area (Å²) in [5.74, 6) is -2.12. The van der Waals surface area contributed by atoms with Gasteiger partial charge in [-0.05, 0) is 18.2 Å². The highest BCUT2D eigenvalue weighted by atomic mass is 19.4. The molecular weight excluding hydrogens is 501 g/mol. The van der Waals surface area contributed by atoms with Crippen LogP contribution in [0, 0.1) is 0 Å². The van der Waals surface area contributed by atoms with Gasteiger partial charge in [0.2, 0.25) is 11.8 Å². The standard InChI is InChI=1S/C21H23F3N8O5/c22-21(23,24)37-10-3-1-2-9(6-10)17(36)27-12-8-32-19(26)28-11(7-31-13(33)4-5-14(31)34)15-20(32,16(12)35)30-18(25)29-15/h1-3,6,11-12,15-16,35H,4-5,7-8H2,(H2,26,28)(H,27,36)(H3,25,29,30)/t11-,12?,15?,16+,20?/m0/s1. The lowest BCUT2D eigenvalue weighted by atomic mass is 9.87. The first-order chi connectivity index (χ1) is 17.4. The number of nitrogens with zero attached hydrogens (tertiary/aromatic N) is 4. The van der Waals surface area contributed by atoms with Crippen LogP contribution in [-0.2, 0) is 9.59 Å². The number of aliphatic hydroxyl groups is 1. The van der Waals surface area contributed by atoms with Crippen molar-refractivity contribution < 1.29 is 37.4 Å². The SMILES string of the molecule is NC1=NC2[C@H](CN3C(=O)CCC3=O)N=C(N)N3CC(NC(=O)c4cccc(OC(F)(F)F)c4)[C@@H](O)C23N1. The summed E-state index contributed by atoms with van der Waals surface area (Å²) in [6, 6.07) is 1.81. The average Bonchev–Trinajstić information content (AvgIpc) is 3.42. The minimum atomic E-state index is -4.93. The third-order valence-electron chi connectivity index (χ3n) is 6.83. The van der Waals surface area contributed by atoms with Gasteiger partial charge in [-0.1, -0.05) is 6.07 Å². The van der Waals surface area contributed by atoms with E-state index in [1.54, 1.807) is 0 Å². The lowest BCUT2D eigenvalue weighted by molar-refractivity contribution is -0.274. The van der Waals surface area contributed by atoms with Crippen molar-refractivity contribution >= 4 is 29.6 Å². The molecule has 0 saturated carbocycles. The van der Waals surface area contributed by atoms with Crippen molar-refractivity contribution in [1.82, 2.24) is 20.4 Å². The number of hydrogen-bond acceptors (Lipinski definition) is 11. The molecule has 16 heteroatoms. The number of nitrogens with one attached hydrogen (secondary N) is 2. The maximum atomic E-state index is 12.9. The Labute approximate surface area is 207 Å². The van der Waals surface area contributed by atoms with Gasteiger partial charge in [-0.25, -0.2) is 9.98 Å². The second-order valence-electron chi connectivity index (χ2n) is 9.07. The highest BCUT2D eigenvalue weighted by Gasteiger charge is 2.65. The molecule has 4 heterocycles. The topological polar surface area (TPSA) is 188 Å². The van der Waals surface area contributed by atoms with Gasteiger partial charge in [0.15, 0.2) is 17.6 Å². The van der Waals surface area contributed by atoms with E-state index in [0.29, 0.717) is 0 Å². The molecule has 0 aromatic heterocycles. The lowest BCUT2D eigenvalue weighted by Gasteiger charge is -2.46. The zero-order valence-electron chi connectivity index (χ0n) is 19.1. The summed E-state index contributed by atoms with van der Waals surface area (Å²) in [5, 5.41) is 16.9. The molecule has 5 atom stereocenters. The zero-order chi connectivity index (χ0) is 26.7. The van der Waals surface area contributed by atoms with E-state index in [-0.39, 0.29) is 55.2 Å². The number of halogens is 3. The molecule has 3 amide bonds. The summed E-state index contributed by atoms with van der Waals surface area (Å²) in [5.41, 5.74) is 10.6. The number of likely N-dealkylation sites (tertiary alicyclic amines) is 1. The highest BCUT2D eigenvalue weighted by Crippen LogP contribution is 2.40. The smallest absolute Gasteiger partial charge is 0.406 e. The van der Waals surface area contributed by atoms with Crippen molar-refractivity contribution in [3.05, 3.63) is 29.8 Å². The Morgan fingerprint density at radius 1 is 1.24 bits per heavy atom. The van der Waals surface area contributed by atoms with Gasteiger partial charge in [0, 0.05) is 24.9 Å². The summed E-state index contributed by atoms with van der Waals surface area (Å²) in [6.45, 7) is -0.158. The van der Waals surface area contributed by atoms with Crippen LogP contribution < -0.4 is 26.8 Å². The van der Waals surface area contributed by atoms with E-state index in [1.165, 1.54) is 17.0 Å². The first-order valence-electron chi connectivity index (χ1n) is 11.3. The summed E-state index contributed by atoms with van der Waals surface area (Å²) in [7, 11) is 0. The highest BCUT2D eigenvalue weighted by molar-refractivity contribution is 6.02. The Morgan fingerprint density at radius 3 is 2.62 bits per heavy atom. The van der Waals surface area contributed by atoms with Crippen LogP contribution in [0.3, 0.4) is 0 Å². The molecule has 0 aliphatic carbocycles. The van der Waals surface area contributed by atoms with E-state index >= 15 is 0 Å². The van der Waals surface area contributed by atoms with E-state index in [9.17, 15) is 32.7 Å². The van der Waals surface area contributed by atoms with Gasteiger partial charge in [-0.3, -0.25) is 19.3 Å². The number of ether oxygens (including phenoxy) is 1. The third-order valence-corrected chi connectivity index (χ3v) is 6.83. The Hall–Kier alpha value is -4.08. The minimum Gasteiger partial charge on any atom is -0.406 e. The van der Waals surface area contributed by atoms with Crippen molar-refractivity contribution in [3.8, 4) is 5.75 Å². The molecule has 1 aromatic carbocycles. The number of hydrogen-bond donors (Lipinski definition) is 5. The molecule has 7 N–H and O–H groups in total. The van der Waals surface area contributed by atoms with Gasteiger partial charge in [0.1, 0.15) is 17.9 Å². The molecule has 2 saturated heterocycles. The van der Waals surface area contributed by atoms with Gasteiger partial charge in [0.25, 0.3) is 5.91 Å². The van der Waals surface area contributed by atoms with E-state index in [1.807, 2.05) is 0 Å². The fraction of sp³-hybridized carbons (Fsp3) is 0.476. The number of carbonyl (C=O) groups is 3. The average molecular weight is 524 g/mol. The molecule has 4 aliphatic rings. The number of rotatable bonds is 5. The van der Waals surface area contributed by atoms with Crippen LogP contribution in [-0.4, -0.2) is 93.9 Å². The Morgan fingerprint density at radius 2 is 1.95 bits per heavy atom. The van der Waals surface area contributed by atoms with Crippen LogP contribution in [0.5, 0.6) is 5.75 Å². The second-order valence-corrected chi connectivity index (χ2v) is 9.07. The first kappa shape index (κ1) is 24.6. The van der Waals surface area contributed by atoms with E-state index in [4.69, 9.17) is 11.5 Å². The molecule has 3 unspecified atom stereocenters. The second kappa shape index (κ2) is 8.50. The molecule has 37 heavy (non-hydrogen) atoms. The van der Waals surface area contributed by atoms with E-state index < -0.39 is 47.9 Å². The van der Waals surface area contributed by atoms with Crippen LogP contribution in [0.25, 0.3) is 0 Å². The number of benzene rings is 1. The largest absolute Gasteiger partial charge is 0.573 e. The van der Waals surface area contributed by atoms with Gasteiger partial charge < -0.3 is 36.8 Å². The number of alkyl halides is 3. The summed E-state index contributed by atoms with van der Waals surface area (Å²) in [6.07, 6.45) is -6.13. The number of imide groups is 1. The van der Waals surface area contributed by atoms with Gasteiger partial charge in [-0.15, -0.1) is 13.2 Å². The van der Waals surface area contributed by atoms with Crippen molar-refractivity contribution in [2.45, 2.75) is 49.1 Å². The summed E-state index contributed by atoms with van der Waals surface area (Å²) < 4.78 is 41.6. The van der Waals surface area contributed by atoms with Crippen molar-refractivity contribution in [2.75, 3.05) is 13.1 Å². The molecule has 198 valence electrons. The van der Waals surface area contributed by atoms with Gasteiger partial charge in [-0.2, -0.15) is 0 Å². The molecule has 4 aliphatic heterocycles. The van der Waals surface area contributed by atoms with E-state index in [2.05, 4.69) is 25.4 Å². The number of aliphatic hydroxyl groups excluding tert-OH is 1. The molecule has 0 bridgehead atoms. The first-order valence-corrected chi connectivity index (χ1v) is 11.3. The lowest BCUT2D eigenvalue weighted by Crippen LogP contribution is -2.73. The maximum Gasteiger partial charge on any atom is 0.573 e. The van der Waals surface area contributed by atoms with Crippen LogP contribution in [0.15, 0.2) is 34.3 Å². The van der Waals surface area contributed by atoms with Crippen LogP contribution in [0.1, 0.15) is 23.2 Å². The molecule has 1 spiro atoms. The molecule has 13 nitrogen and oxygen atoms in total. The predicted molar refractivity (Wildman–Crippen MR) is 120 cm³/mol. The van der Waals surface area contributed by atoms with Crippen LogP contribution >= 0.6 is 0 Å². The van der Waals surface area contributed by atoms with Crippen LogP contribution in [0.4, 0.5) is 13.2 Å². The van der Waals surface area contributed by atoms with E-state index in [0.717, 1.165) is 17.0 Å². The molecule has 1 aromatic rings. The summed E-state index contributed by atoms with van der Waals surface area (Å²) >= 11 is 0. The number of nitrogens with two attached hydrogens (primary N) is 2. The molecule has 0 radical (unpaired) electrons. The number of carbonyl (C=O) groups excluding carboxylic acids is 3. The molecule has 2 fully saturated rings. The maximum absolute atomic E-state index is 12.9. The Balaban J connectivity index is 1.38. The number of guanidine groups is 2. The predicted octanol–water partition coefficient (Wildman–Crippen LogP) is -1.81. The van der Waals surface area contributed by atoms with Crippen molar-refractivity contribution in [2.24, 2.45) is 21.5 Å². The number of amides is 3.